The lowest BCUT2D eigenvalue weighted by molar-refractivity contribution is -0.153. The lowest BCUT2D eigenvalue weighted by atomic mass is 9.97. The third kappa shape index (κ3) is 2.56. The first-order valence-corrected chi connectivity index (χ1v) is 5.65. The highest BCUT2D eigenvalue weighted by Gasteiger charge is 2.26. The molecule has 0 spiro atoms. The van der Waals surface area contributed by atoms with Crippen molar-refractivity contribution in [1.82, 2.24) is 0 Å². The monoisotopic (exact) mass is 254 g/mol. The molecular formula is C13H18O5. The molecule has 0 saturated carbocycles. The van der Waals surface area contributed by atoms with E-state index in [1.54, 1.807) is 26.8 Å². The molecule has 5 nitrogen and oxygen atoms in total. The second-order valence-corrected chi connectivity index (χ2v) is 3.94. The van der Waals surface area contributed by atoms with Crippen molar-refractivity contribution in [1.29, 1.82) is 0 Å². The Labute approximate surface area is 106 Å². The molecule has 0 heterocycles. The van der Waals surface area contributed by atoms with Crippen LogP contribution in [0.1, 0.15) is 29.7 Å². The minimum atomic E-state index is -1.52. The van der Waals surface area contributed by atoms with E-state index in [2.05, 4.69) is 0 Å². The van der Waals surface area contributed by atoms with Gasteiger partial charge < -0.3 is 19.7 Å². The number of ether oxygens (including phenoxy) is 2. The van der Waals surface area contributed by atoms with E-state index in [-0.39, 0.29) is 23.7 Å². The molecule has 18 heavy (non-hydrogen) atoms. The van der Waals surface area contributed by atoms with Crippen molar-refractivity contribution >= 4 is 5.97 Å². The van der Waals surface area contributed by atoms with Crippen molar-refractivity contribution in [3.05, 3.63) is 22.8 Å². The van der Waals surface area contributed by atoms with Crippen LogP contribution in [0.3, 0.4) is 0 Å². The number of aromatic hydroxyl groups is 1. The number of aryl methyl sites for hydroxylation is 1. The number of esters is 1. The van der Waals surface area contributed by atoms with Gasteiger partial charge in [-0.05, 0) is 38.0 Å². The average Bonchev–Trinajstić information content (AvgIpc) is 2.34. The van der Waals surface area contributed by atoms with E-state index in [9.17, 15) is 15.0 Å². The molecule has 0 aliphatic rings. The van der Waals surface area contributed by atoms with Crippen LogP contribution in [-0.2, 0) is 9.53 Å². The summed E-state index contributed by atoms with van der Waals surface area (Å²) in [6.07, 6.45) is -1.52. The Bertz CT molecular complexity index is 453. The predicted octanol–water partition coefficient (Wildman–Crippen LogP) is 1.61. The standard InChI is InChI=1S/C13H18O5/c1-5-18-13(16)12(15)10-8(3)7(2)6-9(17-4)11(10)14/h6,12,14-15H,5H2,1-4H3. The molecule has 0 radical (unpaired) electrons. The van der Waals surface area contributed by atoms with Gasteiger partial charge in [0.05, 0.1) is 13.7 Å². The van der Waals surface area contributed by atoms with Crippen LogP contribution in [0.15, 0.2) is 6.07 Å². The highest BCUT2D eigenvalue weighted by Crippen LogP contribution is 2.38. The Hall–Kier alpha value is -1.75. The zero-order valence-electron chi connectivity index (χ0n) is 11.0. The van der Waals surface area contributed by atoms with Gasteiger partial charge in [-0.3, -0.25) is 0 Å². The zero-order valence-corrected chi connectivity index (χ0v) is 11.0. The van der Waals surface area contributed by atoms with Gasteiger partial charge in [0.25, 0.3) is 0 Å². The molecular weight excluding hydrogens is 236 g/mol. The summed E-state index contributed by atoms with van der Waals surface area (Å²) >= 11 is 0. The maximum atomic E-state index is 11.5. The van der Waals surface area contributed by atoms with Gasteiger partial charge in [0.1, 0.15) is 0 Å². The van der Waals surface area contributed by atoms with Gasteiger partial charge in [-0.25, -0.2) is 4.79 Å². The highest BCUT2D eigenvalue weighted by atomic mass is 16.5. The van der Waals surface area contributed by atoms with E-state index >= 15 is 0 Å². The molecule has 1 aromatic carbocycles. The Kier molecular flexibility index (Phi) is 4.55. The Morgan fingerprint density at radius 1 is 1.44 bits per heavy atom. The fraction of sp³-hybridized carbons (Fsp3) is 0.462. The van der Waals surface area contributed by atoms with Gasteiger partial charge in [-0.1, -0.05) is 0 Å². The van der Waals surface area contributed by atoms with Crippen LogP contribution in [-0.4, -0.2) is 29.9 Å². The maximum Gasteiger partial charge on any atom is 0.339 e. The number of aliphatic hydroxyl groups is 1. The molecule has 0 aliphatic heterocycles. The first-order chi connectivity index (χ1) is 8.43. The van der Waals surface area contributed by atoms with Gasteiger partial charge in [0.2, 0.25) is 0 Å². The van der Waals surface area contributed by atoms with Gasteiger partial charge in [0, 0.05) is 5.56 Å². The van der Waals surface area contributed by atoms with Crippen molar-refractivity contribution in [3.8, 4) is 11.5 Å². The Morgan fingerprint density at radius 3 is 2.56 bits per heavy atom. The highest BCUT2D eigenvalue weighted by molar-refractivity contribution is 5.78. The largest absolute Gasteiger partial charge is 0.504 e. The van der Waals surface area contributed by atoms with E-state index < -0.39 is 12.1 Å². The Morgan fingerprint density at radius 2 is 2.06 bits per heavy atom. The number of methoxy groups -OCH3 is 1. The number of phenolic OH excluding ortho intramolecular Hbond substituents is 1. The van der Waals surface area contributed by atoms with E-state index in [0.29, 0.717) is 5.56 Å². The molecule has 1 rings (SSSR count). The van der Waals surface area contributed by atoms with Crippen LogP contribution in [0.2, 0.25) is 0 Å². The van der Waals surface area contributed by atoms with Crippen molar-refractivity contribution in [2.24, 2.45) is 0 Å². The first kappa shape index (κ1) is 14.3. The summed E-state index contributed by atoms with van der Waals surface area (Å²) in [4.78, 5) is 11.5. The smallest absolute Gasteiger partial charge is 0.339 e. The third-order valence-electron chi connectivity index (χ3n) is 2.83. The molecule has 0 saturated heterocycles. The van der Waals surface area contributed by atoms with Crippen LogP contribution in [0.5, 0.6) is 11.5 Å². The molecule has 0 bridgehead atoms. The molecule has 1 unspecified atom stereocenters. The topological polar surface area (TPSA) is 76.0 Å². The van der Waals surface area contributed by atoms with Gasteiger partial charge in [0.15, 0.2) is 17.6 Å². The number of phenols is 1. The van der Waals surface area contributed by atoms with Crippen LogP contribution < -0.4 is 4.74 Å². The van der Waals surface area contributed by atoms with Crippen LogP contribution in [0, 0.1) is 13.8 Å². The number of hydrogen-bond acceptors (Lipinski definition) is 5. The summed E-state index contributed by atoms with van der Waals surface area (Å²) in [5.74, 6) is -0.804. The lowest BCUT2D eigenvalue weighted by Gasteiger charge is -2.18. The fourth-order valence-electron chi connectivity index (χ4n) is 1.73. The van der Waals surface area contributed by atoms with Crippen molar-refractivity contribution in [2.45, 2.75) is 26.9 Å². The molecule has 1 aromatic rings. The molecule has 5 heteroatoms. The molecule has 0 amide bonds. The van der Waals surface area contributed by atoms with Crippen LogP contribution in [0.4, 0.5) is 0 Å². The number of aliphatic hydroxyl groups excluding tert-OH is 1. The number of hydrogen-bond donors (Lipinski definition) is 2. The molecule has 0 aliphatic carbocycles. The molecule has 0 fully saturated rings. The summed E-state index contributed by atoms with van der Waals surface area (Å²) in [6.45, 7) is 5.33. The van der Waals surface area contributed by atoms with E-state index in [1.807, 2.05) is 0 Å². The second-order valence-electron chi connectivity index (χ2n) is 3.94. The van der Waals surface area contributed by atoms with Gasteiger partial charge in [-0.15, -0.1) is 0 Å². The van der Waals surface area contributed by atoms with Crippen LogP contribution >= 0.6 is 0 Å². The van der Waals surface area contributed by atoms with Crippen molar-refractivity contribution in [3.63, 3.8) is 0 Å². The zero-order chi connectivity index (χ0) is 13.9. The van der Waals surface area contributed by atoms with Gasteiger partial charge >= 0.3 is 5.97 Å². The average molecular weight is 254 g/mol. The van der Waals surface area contributed by atoms with Crippen molar-refractivity contribution in [2.75, 3.05) is 13.7 Å². The third-order valence-corrected chi connectivity index (χ3v) is 2.83. The molecule has 100 valence electrons. The minimum Gasteiger partial charge on any atom is -0.504 e. The van der Waals surface area contributed by atoms with Crippen LogP contribution in [0.25, 0.3) is 0 Å². The first-order valence-electron chi connectivity index (χ1n) is 5.65. The molecule has 1 atom stereocenters. The number of carbonyl (C=O) groups is 1. The molecule has 2 N–H and O–H groups in total. The summed E-state index contributed by atoms with van der Waals surface area (Å²) in [7, 11) is 1.41. The van der Waals surface area contributed by atoms with Gasteiger partial charge in [-0.2, -0.15) is 0 Å². The maximum absolute atomic E-state index is 11.5. The normalized spacial score (nSPS) is 12.1. The minimum absolute atomic E-state index is 0.130. The SMILES string of the molecule is CCOC(=O)C(O)c1c(C)c(C)cc(OC)c1O. The summed E-state index contributed by atoms with van der Waals surface area (Å²) in [6, 6.07) is 1.64. The fourth-order valence-corrected chi connectivity index (χ4v) is 1.73. The van der Waals surface area contributed by atoms with E-state index in [4.69, 9.17) is 9.47 Å². The Balaban J connectivity index is 3.30. The molecule has 0 aromatic heterocycles. The van der Waals surface area contributed by atoms with E-state index in [0.717, 1.165) is 5.56 Å². The van der Waals surface area contributed by atoms with Crippen molar-refractivity contribution < 1.29 is 24.5 Å². The second kappa shape index (κ2) is 5.73. The summed E-state index contributed by atoms with van der Waals surface area (Å²) < 4.78 is 9.74. The van der Waals surface area contributed by atoms with E-state index in [1.165, 1.54) is 7.11 Å². The number of rotatable bonds is 4. The predicted molar refractivity (Wildman–Crippen MR) is 65.7 cm³/mol. The quantitative estimate of drug-likeness (QED) is 0.798. The lowest BCUT2D eigenvalue weighted by Crippen LogP contribution is -2.17. The number of benzene rings is 1. The summed E-state index contributed by atoms with van der Waals surface area (Å²) in [5, 5.41) is 19.9. The number of carbonyl (C=O) groups excluding carboxylic acids is 1. The summed E-state index contributed by atoms with van der Waals surface area (Å²) in [5.41, 5.74) is 1.57.